The molecule has 158 valence electrons. The normalized spacial score (nSPS) is 19.1. The minimum Gasteiger partial charge on any atom is -0.496 e. The van der Waals surface area contributed by atoms with E-state index in [4.69, 9.17) is 9.47 Å². The van der Waals surface area contributed by atoms with Crippen LogP contribution in [-0.4, -0.2) is 44.7 Å². The number of aryl methyl sites for hydroxylation is 1. The zero-order valence-electron chi connectivity index (χ0n) is 19.3. The van der Waals surface area contributed by atoms with Gasteiger partial charge in [0.25, 0.3) is 0 Å². The van der Waals surface area contributed by atoms with Crippen LogP contribution in [0.5, 0.6) is 5.75 Å². The molecular formula is C24H40N2O2. The van der Waals surface area contributed by atoms with Gasteiger partial charge in [0.1, 0.15) is 5.75 Å². The number of rotatable bonds is 8. The van der Waals surface area contributed by atoms with E-state index in [9.17, 15) is 0 Å². The molecule has 2 rings (SSSR count). The SMILES string of the molecule is CCN(C)/C=N/c1cc(OC)c(CCOC2CC(C)(C)CC(C)(C)C2)cc1C. The molecule has 28 heavy (non-hydrogen) atoms. The zero-order chi connectivity index (χ0) is 20.9. The predicted molar refractivity (Wildman–Crippen MR) is 119 cm³/mol. The molecule has 1 aliphatic rings. The third-order valence-corrected chi connectivity index (χ3v) is 5.73. The lowest BCUT2D eigenvalue weighted by molar-refractivity contribution is -0.0479. The molecule has 1 aliphatic carbocycles. The first-order valence-electron chi connectivity index (χ1n) is 10.6. The number of methoxy groups -OCH3 is 1. The summed E-state index contributed by atoms with van der Waals surface area (Å²) in [4.78, 5) is 6.66. The first-order valence-corrected chi connectivity index (χ1v) is 10.6. The van der Waals surface area contributed by atoms with Gasteiger partial charge in [0, 0.05) is 19.7 Å². The highest BCUT2D eigenvalue weighted by atomic mass is 16.5. The van der Waals surface area contributed by atoms with Gasteiger partial charge >= 0.3 is 0 Å². The van der Waals surface area contributed by atoms with Crippen molar-refractivity contribution in [2.24, 2.45) is 15.8 Å². The number of aliphatic imine (C=N–C) groups is 1. The van der Waals surface area contributed by atoms with Crippen LogP contribution in [-0.2, 0) is 11.2 Å². The van der Waals surface area contributed by atoms with Crippen LogP contribution in [0.25, 0.3) is 0 Å². The highest BCUT2D eigenvalue weighted by Crippen LogP contribution is 2.46. The van der Waals surface area contributed by atoms with E-state index in [1.807, 2.05) is 19.5 Å². The maximum absolute atomic E-state index is 6.33. The molecule has 0 radical (unpaired) electrons. The number of benzene rings is 1. The Balaban J connectivity index is 2.02. The summed E-state index contributed by atoms with van der Waals surface area (Å²) in [5, 5.41) is 0. The Hall–Kier alpha value is -1.55. The first kappa shape index (κ1) is 22.7. The standard InChI is InChI=1S/C24H40N2O2/c1-9-26(7)17-25-21-13-22(27-8)19(12-18(21)2)10-11-28-20-14-23(3,4)16-24(5,6)15-20/h12-13,17,20H,9-11,14-16H2,1-8H3/b25-17+. The van der Waals surface area contributed by atoms with E-state index >= 15 is 0 Å². The molecule has 0 heterocycles. The van der Waals surface area contributed by atoms with Crippen LogP contribution in [0.1, 0.15) is 65.0 Å². The molecule has 4 nitrogen and oxygen atoms in total. The lowest BCUT2D eigenvalue weighted by Gasteiger charge is -2.44. The molecule has 4 heteroatoms. The van der Waals surface area contributed by atoms with Crippen LogP contribution in [0.4, 0.5) is 5.69 Å². The van der Waals surface area contributed by atoms with Crippen LogP contribution < -0.4 is 4.74 Å². The number of hydrogen-bond acceptors (Lipinski definition) is 3. The maximum atomic E-state index is 6.33. The predicted octanol–water partition coefficient (Wildman–Crippen LogP) is 5.78. The van der Waals surface area contributed by atoms with Crippen LogP contribution in [0, 0.1) is 17.8 Å². The van der Waals surface area contributed by atoms with E-state index in [-0.39, 0.29) is 0 Å². The molecule has 0 spiro atoms. The van der Waals surface area contributed by atoms with E-state index in [2.05, 4.69) is 57.5 Å². The topological polar surface area (TPSA) is 34.1 Å². The second kappa shape index (κ2) is 9.30. The first-order chi connectivity index (χ1) is 13.0. The Morgan fingerprint density at radius 3 is 2.39 bits per heavy atom. The molecule has 1 aromatic carbocycles. The molecule has 0 atom stereocenters. The van der Waals surface area contributed by atoms with E-state index in [0.717, 1.165) is 49.4 Å². The molecule has 1 aromatic rings. The second-order valence-corrected chi connectivity index (χ2v) is 9.92. The molecule has 0 unspecified atom stereocenters. The smallest absolute Gasteiger partial charge is 0.124 e. The van der Waals surface area contributed by atoms with Gasteiger partial charge in [-0.25, -0.2) is 4.99 Å². The molecular weight excluding hydrogens is 348 g/mol. The van der Waals surface area contributed by atoms with Gasteiger partial charge in [-0.05, 0) is 61.5 Å². The molecule has 1 saturated carbocycles. The fraction of sp³-hybridized carbons (Fsp3) is 0.708. The van der Waals surface area contributed by atoms with E-state index in [1.54, 1.807) is 7.11 Å². The average Bonchev–Trinajstić information content (AvgIpc) is 2.58. The lowest BCUT2D eigenvalue weighted by atomic mass is 9.64. The Kier molecular flexibility index (Phi) is 7.55. The second-order valence-electron chi connectivity index (χ2n) is 9.92. The van der Waals surface area contributed by atoms with Crippen molar-refractivity contribution in [1.29, 1.82) is 0 Å². The summed E-state index contributed by atoms with van der Waals surface area (Å²) in [6, 6.07) is 4.23. The van der Waals surface area contributed by atoms with Gasteiger partial charge in [0.2, 0.25) is 0 Å². The summed E-state index contributed by atoms with van der Waals surface area (Å²) in [6.07, 6.45) is 6.63. The van der Waals surface area contributed by atoms with Gasteiger partial charge < -0.3 is 14.4 Å². The number of hydrogen-bond donors (Lipinski definition) is 0. The highest BCUT2D eigenvalue weighted by molar-refractivity contribution is 5.64. The third-order valence-electron chi connectivity index (χ3n) is 5.73. The Morgan fingerprint density at radius 2 is 1.82 bits per heavy atom. The number of ether oxygens (including phenoxy) is 2. The Labute approximate surface area is 172 Å². The quantitative estimate of drug-likeness (QED) is 0.418. The minimum atomic E-state index is 0.347. The zero-order valence-corrected chi connectivity index (χ0v) is 19.3. The average molecular weight is 389 g/mol. The van der Waals surface area contributed by atoms with E-state index in [1.165, 1.54) is 12.0 Å². The molecule has 0 amide bonds. The van der Waals surface area contributed by atoms with Gasteiger partial charge in [-0.3, -0.25) is 0 Å². The molecule has 0 saturated heterocycles. The van der Waals surface area contributed by atoms with Gasteiger partial charge in [-0.1, -0.05) is 33.8 Å². The van der Waals surface area contributed by atoms with Crippen molar-refractivity contribution in [2.45, 2.75) is 73.3 Å². The lowest BCUT2D eigenvalue weighted by Crippen LogP contribution is -2.38. The minimum absolute atomic E-state index is 0.347. The van der Waals surface area contributed by atoms with Crippen LogP contribution >= 0.6 is 0 Å². The fourth-order valence-corrected chi connectivity index (χ4v) is 4.70. The van der Waals surface area contributed by atoms with Crippen molar-refractivity contribution in [1.82, 2.24) is 4.90 Å². The molecule has 1 fully saturated rings. The molecule has 0 N–H and O–H groups in total. The number of nitrogens with zero attached hydrogens (tertiary/aromatic N) is 2. The summed E-state index contributed by atoms with van der Waals surface area (Å²) in [5.74, 6) is 0.893. The van der Waals surface area contributed by atoms with Crippen molar-refractivity contribution in [2.75, 3.05) is 27.3 Å². The third kappa shape index (κ3) is 6.51. The van der Waals surface area contributed by atoms with Crippen molar-refractivity contribution in [3.8, 4) is 5.75 Å². The van der Waals surface area contributed by atoms with E-state index in [0.29, 0.717) is 16.9 Å². The molecule has 0 aromatic heterocycles. The van der Waals surface area contributed by atoms with Crippen molar-refractivity contribution >= 4 is 12.0 Å². The monoisotopic (exact) mass is 388 g/mol. The molecule has 0 aliphatic heterocycles. The van der Waals surface area contributed by atoms with Crippen LogP contribution in [0.15, 0.2) is 17.1 Å². The van der Waals surface area contributed by atoms with Crippen molar-refractivity contribution < 1.29 is 9.47 Å². The largest absolute Gasteiger partial charge is 0.496 e. The Morgan fingerprint density at radius 1 is 1.18 bits per heavy atom. The summed E-state index contributed by atoms with van der Waals surface area (Å²) < 4.78 is 12.0. The van der Waals surface area contributed by atoms with Crippen molar-refractivity contribution in [3.63, 3.8) is 0 Å². The fourth-order valence-electron chi connectivity index (χ4n) is 4.70. The summed E-state index contributed by atoms with van der Waals surface area (Å²) in [5.41, 5.74) is 4.02. The van der Waals surface area contributed by atoms with Gasteiger partial charge in [0.05, 0.1) is 31.8 Å². The summed E-state index contributed by atoms with van der Waals surface area (Å²) >= 11 is 0. The molecule has 0 bridgehead atoms. The van der Waals surface area contributed by atoms with Gasteiger partial charge in [-0.2, -0.15) is 0 Å². The highest BCUT2D eigenvalue weighted by Gasteiger charge is 2.38. The Bertz CT molecular complexity index is 663. The van der Waals surface area contributed by atoms with Gasteiger partial charge in [0.15, 0.2) is 0 Å². The van der Waals surface area contributed by atoms with Crippen LogP contribution in [0.2, 0.25) is 0 Å². The van der Waals surface area contributed by atoms with Crippen LogP contribution in [0.3, 0.4) is 0 Å². The summed E-state index contributed by atoms with van der Waals surface area (Å²) in [7, 11) is 3.75. The van der Waals surface area contributed by atoms with Crippen molar-refractivity contribution in [3.05, 3.63) is 23.3 Å². The maximum Gasteiger partial charge on any atom is 0.124 e. The van der Waals surface area contributed by atoms with Gasteiger partial charge in [-0.15, -0.1) is 0 Å². The summed E-state index contributed by atoms with van der Waals surface area (Å²) in [6.45, 7) is 15.3. The van der Waals surface area contributed by atoms with E-state index < -0.39 is 0 Å².